The van der Waals surface area contributed by atoms with Crippen molar-refractivity contribution in [2.45, 2.75) is 39.0 Å². The summed E-state index contributed by atoms with van der Waals surface area (Å²) in [6.45, 7) is 0.577. The van der Waals surface area contributed by atoms with Crippen LogP contribution < -0.4 is 11.1 Å². The summed E-state index contributed by atoms with van der Waals surface area (Å²) in [6, 6.07) is 1.66. The molecule has 120 valence electrons. The average Bonchev–Trinajstić information content (AvgIpc) is 2.51. The molecular formula is C15H21N3O4. The van der Waals surface area contributed by atoms with Gasteiger partial charge in [0.2, 0.25) is 11.7 Å². The Morgan fingerprint density at radius 3 is 2.45 bits per heavy atom. The van der Waals surface area contributed by atoms with E-state index in [1.807, 2.05) is 0 Å². The van der Waals surface area contributed by atoms with E-state index in [9.17, 15) is 14.4 Å². The molecule has 0 atom stereocenters. The van der Waals surface area contributed by atoms with Crippen LogP contribution in [0.1, 0.15) is 39.0 Å². The molecule has 1 rings (SSSR count). The molecule has 0 unspecified atom stereocenters. The molecule has 1 amide bonds. The molecule has 0 aliphatic heterocycles. The van der Waals surface area contributed by atoms with Gasteiger partial charge >= 0.3 is 5.97 Å². The highest BCUT2D eigenvalue weighted by molar-refractivity contribution is 6.01. The quantitative estimate of drug-likeness (QED) is 0.420. The number of hydrogen-bond donors (Lipinski definition) is 2. The molecule has 0 spiro atoms. The Morgan fingerprint density at radius 1 is 1.27 bits per heavy atom. The van der Waals surface area contributed by atoms with Crippen molar-refractivity contribution in [3.63, 3.8) is 0 Å². The lowest BCUT2D eigenvalue weighted by Gasteiger charge is -2.20. The highest BCUT2D eigenvalue weighted by Crippen LogP contribution is 2.23. The zero-order valence-corrected chi connectivity index (χ0v) is 12.7. The summed E-state index contributed by atoms with van der Waals surface area (Å²) in [7, 11) is 0. The van der Waals surface area contributed by atoms with Crippen LogP contribution in [0.4, 0.5) is 0 Å². The number of ketones is 1. The minimum atomic E-state index is -0.718. The van der Waals surface area contributed by atoms with Gasteiger partial charge in [0.05, 0.1) is 0 Å². The Bertz CT molecular complexity index is 509. The van der Waals surface area contributed by atoms with Crippen LogP contribution in [0.5, 0.6) is 0 Å². The second-order valence-electron chi connectivity index (χ2n) is 5.31. The largest absolute Gasteiger partial charge is 0.456 e. The van der Waals surface area contributed by atoms with Crippen LogP contribution in [0.3, 0.4) is 0 Å². The number of Topliss-reactive ketones (excluding diaryl/α,β-unsaturated/α-hetero) is 1. The van der Waals surface area contributed by atoms with E-state index in [-0.39, 0.29) is 29.6 Å². The summed E-state index contributed by atoms with van der Waals surface area (Å²) in [5.41, 5.74) is 5.23. The van der Waals surface area contributed by atoms with Crippen LogP contribution in [-0.4, -0.2) is 30.8 Å². The molecule has 7 heteroatoms. The van der Waals surface area contributed by atoms with E-state index in [4.69, 9.17) is 15.7 Å². The number of carbonyl (C=O) groups excluding carboxylic acids is 3. The molecule has 0 aromatic heterocycles. The number of nitriles is 1. The molecule has 3 N–H and O–H groups in total. The fourth-order valence-corrected chi connectivity index (χ4v) is 2.31. The van der Waals surface area contributed by atoms with Crippen molar-refractivity contribution in [1.82, 2.24) is 5.32 Å². The third-order valence-electron chi connectivity index (χ3n) is 3.53. The van der Waals surface area contributed by atoms with Gasteiger partial charge in [-0.2, -0.15) is 5.26 Å². The average molecular weight is 307 g/mol. The smallest absolute Gasteiger partial charge is 0.325 e. The Hall–Kier alpha value is -2.36. The maximum atomic E-state index is 11.8. The van der Waals surface area contributed by atoms with Crippen LogP contribution in [0.2, 0.25) is 0 Å². The predicted octanol–water partition coefficient (Wildman–Crippen LogP) is 0.551. The van der Waals surface area contributed by atoms with Crippen molar-refractivity contribution in [3.8, 4) is 6.07 Å². The molecule has 22 heavy (non-hydrogen) atoms. The maximum Gasteiger partial charge on any atom is 0.325 e. The van der Waals surface area contributed by atoms with E-state index in [1.54, 1.807) is 6.07 Å². The lowest BCUT2D eigenvalue weighted by molar-refractivity contribution is -0.147. The first-order chi connectivity index (χ1) is 10.5. The van der Waals surface area contributed by atoms with Crippen molar-refractivity contribution < 1.29 is 19.1 Å². The van der Waals surface area contributed by atoms with Gasteiger partial charge in [-0.25, -0.2) is 0 Å². The second kappa shape index (κ2) is 8.82. The molecule has 0 radical (unpaired) electrons. The van der Waals surface area contributed by atoms with Crippen LogP contribution in [-0.2, 0) is 19.1 Å². The van der Waals surface area contributed by atoms with Crippen LogP contribution in [0.15, 0.2) is 11.3 Å². The normalized spacial score (nSPS) is 16.2. The lowest BCUT2D eigenvalue weighted by atomic mass is 9.89. The lowest BCUT2D eigenvalue weighted by Crippen LogP contribution is -2.36. The zero-order valence-electron chi connectivity index (χ0n) is 12.7. The Balaban J connectivity index is 2.32. The van der Waals surface area contributed by atoms with Gasteiger partial charge in [-0.15, -0.1) is 0 Å². The maximum absolute atomic E-state index is 11.8. The van der Waals surface area contributed by atoms with Gasteiger partial charge in [-0.05, 0) is 19.8 Å². The molecule has 0 aromatic carbocycles. The summed E-state index contributed by atoms with van der Waals surface area (Å²) in [6.07, 6.45) is 4.87. The molecule has 1 saturated carbocycles. The number of rotatable bonds is 6. The standard InChI is InChI=1S/C15H21N3O4/c1-10(17)12(7-16)13(19)9-22-14(20)8-18-15(21)11-5-3-2-4-6-11/h11H,2-6,8-9,17H2,1H3,(H,18,21)/b12-10-. The summed E-state index contributed by atoms with van der Waals surface area (Å²) in [5, 5.41) is 11.3. The van der Waals surface area contributed by atoms with Crippen LogP contribution >= 0.6 is 0 Å². The van der Waals surface area contributed by atoms with Gasteiger partial charge in [0.25, 0.3) is 0 Å². The summed E-state index contributed by atoms with van der Waals surface area (Å²) < 4.78 is 4.73. The first-order valence-electron chi connectivity index (χ1n) is 7.28. The van der Waals surface area contributed by atoms with Crippen molar-refractivity contribution in [1.29, 1.82) is 5.26 Å². The van der Waals surface area contributed by atoms with E-state index in [0.717, 1.165) is 32.1 Å². The van der Waals surface area contributed by atoms with E-state index in [0.29, 0.717) is 0 Å². The number of esters is 1. The molecule has 0 heterocycles. The first kappa shape index (κ1) is 17.7. The number of hydrogen-bond acceptors (Lipinski definition) is 6. The molecule has 7 nitrogen and oxygen atoms in total. The van der Waals surface area contributed by atoms with Crippen LogP contribution in [0, 0.1) is 17.2 Å². The van der Waals surface area contributed by atoms with E-state index in [1.165, 1.54) is 6.92 Å². The molecule has 0 aromatic rings. The number of allylic oxidation sites excluding steroid dienone is 1. The molecule has 1 aliphatic rings. The fraction of sp³-hybridized carbons (Fsp3) is 0.600. The van der Waals surface area contributed by atoms with Gasteiger partial charge in [0.15, 0.2) is 6.61 Å². The molecule has 0 bridgehead atoms. The van der Waals surface area contributed by atoms with Gasteiger partial charge in [0.1, 0.15) is 18.2 Å². The predicted molar refractivity (Wildman–Crippen MR) is 78.1 cm³/mol. The number of ether oxygens (including phenoxy) is 1. The molecular weight excluding hydrogens is 286 g/mol. The third kappa shape index (κ3) is 5.56. The van der Waals surface area contributed by atoms with E-state index < -0.39 is 18.4 Å². The monoisotopic (exact) mass is 307 g/mol. The highest BCUT2D eigenvalue weighted by atomic mass is 16.5. The van der Waals surface area contributed by atoms with Gasteiger partial charge < -0.3 is 15.8 Å². The zero-order chi connectivity index (χ0) is 16.5. The SMILES string of the molecule is C/C(N)=C(\C#N)C(=O)COC(=O)CNC(=O)C1CCCCC1. The third-order valence-corrected chi connectivity index (χ3v) is 3.53. The van der Waals surface area contributed by atoms with E-state index >= 15 is 0 Å². The molecule has 1 fully saturated rings. The summed E-state index contributed by atoms with van der Waals surface area (Å²) in [5.74, 6) is -1.58. The minimum Gasteiger partial charge on any atom is -0.456 e. The Kier molecular flexibility index (Phi) is 7.09. The number of carbonyl (C=O) groups is 3. The fourth-order valence-electron chi connectivity index (χ4n) is 2.31. The number of nitrogens with two attached hydrogens (primary N) is 1. The second-order valence-corrected chi connectivity index (χ2v) is 5.31. The summed E-state index contributed by atoms with van der Waals surface area (Å²) in [4.78, 5) is 34.9. The Labute approximate surface area is 129 Å². The minimum absolute atomic E-state index is 0.0452. The topological polar surface area (TPSA) is 122 Å². The van der Waals surface area contributed by atoms with Crippen molar-refractivity contribution >= 4 is 17.7 Å². The molecule has 1 aliphatic carbocycles. The first-order valence-corrected chi connectivity index (χ1v) is 7.28. The van der Waals surface area contributed by atoms with Crippen molar-refractivity contribution in [2.24, 2.45) is 11.7 Å². The van der Waals surface area contributed by atoms with E-state index in [2.05, 4.69) is 5.32 Å². The van der Waals surface area contributed by atoms with Gasteiger partial charge in [-0.3, -0.25) is 14.4 Å². The molecule has 0 saturated heterocycles. The van der Waals surface area contributed by atoms with Gasteiger partial charge in [-0.1, -0.05) is 19.3 Å². The number of nitrogens with one attached hydrogen (secondary N) is 1. The van der Waals surface area contributed by atoms with Crippen LogP contribution in [0.25, 0.3) is 0 Å². The highest BCUT2D eigenvalue weighted by Gasteiger charge is 2.21. The van der Waals surface area contributed by atoms with Gasteiger partial charge in [0, 0.05) is 11.6 Å². The van der Waals surface area contributed by atoms with Crippen molar-refractivity contribution in [2.75, 3.05) is 13.2 Å². The summed E-state index contributed by atoms with van der Waals surface area (Å²) >= 11 is 0. The number of amides is 1. The van der Waals surface area contributed by atoms with Crippen molar-refractivity contribution in [3.05, 3.63) is 11.3 Å². The number of nitrogens with zero attached hydrogens (tertiary/aromatic N) is 1. The Morgan fingerprint density at radius 2 is 1.91 bits per heavy atom.